The van der Waals surface area contributed by atoms with Crippen molar-refractivity contribution in [1.29, 1.82) is 5.26 Å². The van der Waals surface area contributed by atoms with Crippen molar-refractivity contribution in [2.24, 2.45) is 0 Å². The summed E-state index contributed by atoms with van der Waals surface area (Å²) < 4.78 is 16.8. The van der Waals surface area contributed by atoms with Crippen molar-refractivity contribution in [3.8, 4) is 6.07 Å². The summed E-state index contributed by atoms with van der Waals surface area (Å²) in [6, 6.07) is 8.35. The fourth-order valence-corrected chi connectivity index (χ4v) is 2.16. The fourth-order valence-electron chi connectivity index (χ4n) is 1.64. The van der Waals surface area contributed by atoms with Crippen molar-refractivity contribution in [2.45, 2.75) is 19.3 Å². The Kier molecular flexibility index (Phi) is 3.76. The Bertz CT molecular complexity index is 598. The van der Waals surface area contributed by atoms with Crippen molar-refractivity contribution in [3.63, 3.8) is 0 Å². The molecule has 0 saturated heterocycles. The molecule has 0 unspecified atom stereocenters. The molecule has 0 spiro atoms. The van der Waals surface area contributed by atoms with Crippen LogP contribution in [0.25, 0.3) is 0 Å². The monoisotopic (exact) mass is 276 g/mol. The average Bonchev–Trinajstić information content (AvgIpc) is 2.85. The third-order valence-electron chi connectivity index (χ3n) is 2.83. The zero-order valence-corrected chi connectivity index (χ0v) is 11.5. The molecule has 0 amide bonds. The largest absolute Gasteiger partial charge is 0.359 e. The summed E-state index contributed by atoms with van der Waals surface area (Å²) in [5.74, 6) is -0.0672. The molecule has 0 fully saturated rings. The first-order chi connectivity index (χ1) is 9.01. The number of nitrogens with zero attached hydrogens (tertiary/aromatic N) is 3. The number of nitrogens with one attached hydrogen (secondary N) is 1. The van der Waals surface area contributed by atoms with Crippen LogP contribution >= 0.6 is 11.5 Å². The first kappa shape index (κ1) is 13.4. The normalized spacial score (nSPS) is 11.1. The average molecular weight is 276 g/mol. The minimum atomic E-state index is -0.240. The predicted molar refractivity (Wildman–Crippen MR) is 72.5 cm³/mol. The lowest BCUT2D eigenvalue weighted by atomic mass is 9.85. The molecule has 1 aromatic carbocycles. The molecular weight excluding hydrogens is 263 g/mol. The van der Waals surface area contributed by atoms with Crippen LogP contribution in [0.4, 0.5) is 9.52 Å². The SMILES string of the molecule is CC(C)(CNc1nc(C#N)ns1)c1ccc(F)cc1. The van der Waals surface area contributed by atoms with Gasteiger partial charge in [-0.15, -0.1) is 0 Å². The number of hydrogen-bond donors (Lipinski definition) is 1. The zero-order chi connectivity index (χ0) is 13.9. The van der Waals surface area contributed by atoms with E-state index in [0.29, 0.717) is 11.7 Å². The van der Waals surface area contributed by atoms with Crippen molar-refractivity contribution >= 4 is 16.7 Å². The fraction of sp³-hybridized carbons (Fsp3) is 0.308. The Morgan fingerprint density at radius 1 is 1.37 bits per heavy atom. The van der Waals surface area contributed by atoms with Crippen LogP contribution in [0.5, 0.6) is 0 Å². The second-order valence-electron chi connectivity index (χ2n) is 4.78. The molecule has 1 aromatic heterocycles. The number of halogens is 1. The molecule has 2 aromatic rings. The van der Waals surface area contributed by atoms with Gasteiger partial charge in [-0.1, -0.05) is 26.0 Å². The van der Waals surface area contributed by atoms with Gasteiger partial charge in [0.25, 0.3) is 0 Å². The van der Waals surface area contributed by atoms with Gasteiger partial charge < -0.3 is 5.32 Å². The lowest BCUT2D eigenvalue weighted by molar-refractivity contribution is 0.553. The Labute approximate surface area is 115 Å². The van der Waals surface area contributed by atoms with E-state index >= 15 is 0 Å². The molecule has 2 rings (SSSR count). The Balaban J connectivity index is 2.05. The summed E-state index contributed by atoms with van der Waals surface area (Å²) >= 11 is 1.16. The standard InChI is InChI=1S/C13H13FN4S/c1-13(2,9-3-5-10(14)6-4-9)8-16-12-17-11(7-15)18-19-12/h3-6H,8H2,1-2H3,(H,16,17,18). The van der Waals surface area contributed by atoms with Gasteiger partial charge in [0, 0.05) is 23.5 Å². The van der Waals surface area contributed by atoms with Crippen LogP contribution < -0.4 is 5.32 Å². The topological polar surface area (TPSA) is 61.6 Å². The second-order valence-corrected chi connectivity index (χ2v) is 5.53. The van der Waals surface area contributed by atoms with Gasteiger partial charge in [-0.25, -0.2) is 4.39 Å². The van der Waals surface area contributed by atoms with Crippen LogP contribution in [-0.4, -0.2) is 15.9 Å². The molecule has 6 heteroatoms. The first-order valence-corrected chi connectivity index (χ1v) is 6.52. The maximum Gasteiger partial charge on any atom is 0.245 e. The molecule has 0 radical (unpaired) electrons. The summed E-state index contributed by atoms with van der Waals surface area (Å²) in [5, 5.41) is 12.4. The van der Waals surface area contributed by atoms with E-state index in [1.165, 1.54) is 12.1 Å². The van der Waals surface area contributed by atoms with Gasteiger partial charge in [0.05, 0.1) is 0 Å². The maximum atomic E-state index is 12.9. The molecule has 98 valence electrons. The summed E-state index contributed by atoms with van der Waals surface area (Å²) in [6.07, 6.45) is 0. The van der Waals surface area contributed by atoms with Crippen molar-refractivity contribution in [3.05, 3.63) is 41.5 Å². The van der Waals surface area contributed by atoms with E-state index in [-0.39, 0.29) is 17.1 Å². The highest BCUT2D eigenvalue weighted by molar-refractivity contribution is 7.09. The van der Waals surface area contributed by atoms with E-state index in [0.717, 1.165) is 17.1 Å². The number of rotatable bonds is 4. The summed E-state index contributed by atoms with van der Waals surface area (Å²) in [6.45, 7) is 4.73. The minimum absolute atomic E-state index is 0.173. The quantitative estimate of drug-likeness (QED) is 0.932. The lowest BCUT2D eigenvalue weighted by Crippen LogP contribution is -2.27. The van der Waals surface area contributed by atoms with E-state index in [4.69, 9.17) is 5.26 Å². The van der Waals surface area contributed by atoms with E-state index in [2.05, 4.69) is 28.5 Å². The van der Waals surface area contributed by atoms with E-state index in [9.17, 15) is 4.39 Å². The highest BCUT2D eigenvalue weighted by Crippen LogP contribution is 2.24. The van der Waals surface area contributed by atoms with E-state index in [1.54, 1.807) is 12.1 Å². The summed E-state index contributed by atoms with van der Waals surface area (Å²) in [7, 11) is 0. The number of aromatic nitrogens is 2. The first-order valence-electron chi connectivity index (χ1n) is 5.75. The second kappa shape index (κ2) is 5.33. The van der Waals surface area contributed by atoms with Crippen LogP contribution in [0, 0.1) is 17.1 Å². The number of nitriles is 1. The van der Waals surface area contributed by atoms with Crippen LogP contribution in [0.15, 0.2) is 24.3 Å². The third-order valence-corrected chi connectivity index (χ3v) is 3.51. The molecule has 0 aliphatic heterocycles. The van der Waals surface area contributed by atoms with Gasteiger partial charge in [0.1, 0.15) is 11.9 Å². The molecule has 4 nitrogen and oxygen atoms in total. The molecule has 0 saturated carbocycles. The highest BCUT2D eigenvalue weighted by atomic mass is 32.1. The Morgan fingerprint density at radius 2 is 2.05 bits per heavy atom. The summed E-state index contributed by atoms with van der Waals surface area (Å²) in [5.41, 5.74) is 0.859. The van der Waals surface area contributed by atoms with Crippen LogP contribution in [0.1, 0.15) is 25.2 Å². The molecule has 1 heterocycles. The van der Waals surface area contributed by atoms with Gasteiger partial charge in [-0.3, -0.25) is 0 Å². The molecule has 0 bridgehead atoms. The van der Waals surface area contributed by atoms with Gasteiger partial charge in [0.15, 0.2) is 0 Å². The van der Waals surface area contributed by atoms with Crippen LogP contribution in [-0.2, 0) is 5.41 Å². The summed E-state index contributed by atoms with van der Waals surface area (Å²) in [4.78, 5) is 4.01. The van der Waals surface area contributed by atoms with Gasteiger partial charge in [-0.05, 0) is 17.7 Å². The number of anilines is 1. The van der Waals surface area contributed by atoms with Gasteiger partial charge >= 0.3 is 0 Å². The molecule has 0 aliphatic carbocycles. The highest BCUT2D eigenvalue weighted by Gasteiger charge is 2.21. The number of hydrogen-bond acceptors (Lipinski definition) is 5. The Hall–Kier alpha value is -2.00. The molecule has 0 atom stereocenters. The Morgan fingerprint density at radius 3 is 2.63 bits per heavy atom. The molecule has 1 N–H and O–H groups in total. The zero-order valence-electron chi connectivity index (χ0n) is 10.6. The lowest BCUT2D eigenvalue weighted by Gasteiger charge is -2.25. The van der Waals surface area contributed by atoms with Crippen molar-refractivity contribution in [2.75, 3.05) is 11.9 Å². The van der Waals surface area contributed by atoms with Crippen molar-refractivity contribution < 1.29 is 4.39 Å². The minimum Gasteiger partial charge on any atom is -0.359 e. The van der Waals surface area contributed by atoms with Gasteiger partial charge in [0.2, 0.25) is 11.0 Å². The van der Waals surface area contributed by atoms with E-state index < -0.39 is 0 Å². The van der Waals surface area contributed by atoms with Crippen LogP contribution in [0.2, 0.25) is 0 Å². The van der Waals surface area contributed by atoms with Gasteiger partial charge in [-0.2, -0.15) is 14.6 Å². The molecule has 0 aliphatic rings. The number of benzene rings is 1. The smallest absolute Gasteiger partial charge is 0.245 e. The van der Waals surface area contributed by atoms with Crippen molar-refractivity contribution in [1.82, 2.24) is 9.36 Å². The molecule has 19 heavy (non-hydrogen) atoms. The van der Waals surface area contributed by atoms with Crippen LogP contribution in [0.3, 0.4) is 0 Å². The van der Waals surface area contributed by atoms with E-state index in [1.807, 2.05) is 6.07 Å². The predicted octanol–water partition coefficient (Wildman–Crippen LogP) is 2.94. The maximum absolute atomic E-state index is 12.9. The molecular formula is C13H13FN4S. The third kappa shape index (κ3) is 3.26.